The molecule has 12 atom stereocenters. The van der Waals surface area contributed by atoms with E-state index in [2.05, 4.69) is 68.5 Å². The van der Waals surface area contributed by atoms with E-state index in [1.54, 1.807) is 60.7 Å². The summed E-state index contributed by atoms with van der Waals surface area (Å²) >= 11 is 0. The van der Waals surface area contributed by atoms with Gasteiger partial charge < -0.3 is 120 Å². The minimum Gasteiger partial charge on any atom is -0.391 e. The Labute approximate surface area is 597 Å². The molecule has 30 N–H and O–H groups in total. The molecule has 0 bridgehead atoms. The van der Waals surface area contributed by atoms with Gasteiger partial charge in [0.1, 0.15) is 60.4 Å². The minimum absolute atomic E-state index is 0.00397. The molecule has 0 aliphatic carbocycles. The van der Waals surface area contributed by atoms with E-state index in [1.807, 2.05) is 0 Å². The third kappa shape index (κ3) is 32.7. The average Bonchev–Trinajstić information content (AvgIpc) is 1.74. The molecule has 38 heteroatoms. The lowest BCUT2D eigenvalue weighted by Crippen LogP contribution is -2.60. The molecule has 1 fully saturated rings. The van der Waals surface area contributed by atoms with Gasteiger partial charge in [-0.15, -0.1) is 0 Å². The Bertz CT molecular complexity index is 3230. The zero-order chi connectivity index (χ0) is 76.7. The van der Waals surface area contributed by atoms with E-state index < -0.39 is 175 Å². The number of hydrogen-bond donors (Lipinski definition) is 21. The van der Waals surface area contributed by atoms with Crippen LogP contribution in [-0.2, 0) is 80.0 Å². The average molecular weight is 1450 g/mol. The highest BCUT2D eigenvalue weighted by molar-refractivity contribution is 6.00. The Morgan fingerprint density at radius 2 is 0.922 bits per heavy atom. The molecule has 14 amide bonds. The van der Waals surface area contributed by atoms with Gasteiger partial charge in [0.25, 0.3) is 0 Å². The van der Waals surface area contributed by atoms with E-state index in [9.17, 15) is 72.2 Å². The van der Waals surface area contributed by atoms with Crippen LogP contribution in [0.1, 0.15) is 115 Å². The monoisotopic (exact) mass is 1450 g/mol. The number of rotatable bonds is 47. The van der Waals surface area contributed by atoms with Gasteiger partial charge in [0, 0.05) is 26.1 Å². The van der Waals surface area contributed by atoms with Gasteiger partial charge in [-0.05, 0) is 128 Å². The number of carbonyl (C=O) groups excluding carboxylic acids is 14. The fourth-order valence-corrected chi connectivity index (χ4v) is 10.6. The molecule has 0 aromatic heterocycles. The Balaban J connectivity index is 1.74. The van der Waals surface area contributed by atoms with Crippen LogP contribution in [-0.4, -0.2) is 223 Å². The lowest BCUT2D eigenvalue weighted by molar-refractivity contribution is -0.142. The van der Waals surface area contributed by atoms with E-state index in [0.29, 0.717) is 44.2 Å². The summed E-state index contributed by atoms with van der Waals surface area (Å²) in [5.74, 6) is -12.8. The zero-order valence-corrected chi connectivity index (χ0v) is 58.5. The zero-order valence-electron chi connectivity index (χ0n) is 58.5. The van der Waals surface area contributed by atoms with Crippen molar-refractivity contribution in [1.82, 2.24) is 63.4 Å². The van der Waals surface area contributed by atoms with Gasteiger partial charge >= 0.3 is 0 Å². The van der Waals surface area contributed by atoms with Crippen molar-refractivity contribution in [3.05, 3.63) is 71.8 Å². The highest BCUT2D eigenvalue weighted by Gasteiger charge is 2.40. The van der Waals surface area contributed by atoms with Crippen molar-refractivity contribution in [3.63, 3.8) is 0 Å². The maximum atomic E-state index is 14.6. The minimum atomic E-state index is -1.79. The van der Waals surface area contributed by atoms with Gasteiger partial charge in [-0.1, -0.05) is 60.7 Å². The SMILES string of the molecule is C[C@H](NC(=O)CNC(=O)[C@@H](NC(=O)[C@H](Cc1ccccc1)NC(=O)[C@H](CC(N)=O)NC(=O)CNC(=O)[C@@H](N)Cc1ccccc1)[C@@H](C)O)C(=O)N[C@@H](CCCN=C(N)N)C(=O)N[C@@H](CCCCN)C(=O)N1CCC[C@@H]1C(=O)N[C@@H](C)C(=O)N[C@@H](CCCN=C(N)N)C(=O)N[C@@H](CCCCN)C(N)=O. The maximum absolute atomic E-state index is 14.6. The van der Waals surface area contributed by atoms with Gasteiger partial charge in [-0.3, -0.25) is 77.1 Å². The molecule has 0 unspecified atom stereocenters. The predicted octanol–water partition coefficient (Wildman–Crippen LogP) is -8.47. The van der Waals surface area contributed by atoms with Crippen molar-refractivity contribution in [2.75, 3.05) is 45.8 Å². The molecule has 2 aromatic carbocycles. The number of primary amides is 2. The van der Waals surface area contributed by atoms with Crippen LogP contribution in [0.15, 0.2) is 70.6 Å². The van der Waals surface area contributed by atoms with Crippen LogP contribution in [0.5, 0.6) is 0 Å². The second-order valence-corrected chi connectivity index (χ2v) is 24.8. The van der Waals surface area contributed by atoms with Gasteiger partial charge in [-0.2, -0.15) is 0 Å². The molecule has 2 aromatic rings. The highest BCUT2D eigenvalue weighted by atomic mass is 16.3. The van der Waals surface area contributed by atoms with E-state index in [-0.39, 0.29) is 95.9 Å². The summed E-state index contributed by atoms with van der Waals surface area (Å²) in [5.41, 5.74) is 51.6. The van der Waals surface area contributed by atoms with Crippen LogP contribution in [0.25, 0.3) is 0 Å². The van der Waals surface area contributed by atoms with Crippen molar-refractivity contribution >= 4 is 94.6 Å². The van der Waals surface area contributed by atoms with Crippen molar-refractivity contribution in [2.24, 2.45) is 61.6 Å². The molecule has 38 nitrogen and oxygen atoms in total. The molecule has 3 rings (SSSR count). The molecular weight excluding hydrogens is 1340 g/mol. The van der Waals surface area contributed by atoms with E-state index >= 15 is 0 Å². The van der Waals surface area contributed by atoms with Crippen LogP contribution < -0.4 is 110 Å². The topological polar surface area (TPSA) is 654 Å². The summed E-state index contributed by atoms with van der Waals surface area (Å²) in [7, 11) is 0. The van der Waals surface area contributed by atoms with Gasteiger partial charge in [-0.25, -0.2) is 0 Å². The number of nitrogens with zero attached hydrogens (tertiary/aromatic N) is 3. The quantitative estimate of drug-likeness (QED) is 0.0166. The number of unbranched alkanes of at least 4 members (excludes halogenated alkanes) is 2. The summed E-state index contributed by atoms with van der Waals surface area (Å²) in [6.45, 7) is 2.97. The number of aliphatic hydroxyl groups excluding tert-OH is 1. The van der Waals surface area contributed by atoms with Gasteiger partial charge in [0.2, 0.25) is 82.7 Å². The molecule has 0 spiro atoms. The third-order valence-corrected chi connectivity index (χ3v) is 16.2. The van der Waals surface area contributed by atoms with Gasteiger partial charge in [0.15, 0.2) is 11.9 Å². The number of benzene rings is 2. The molecular formula is C65H105N23O15. The van der Waals surface area contributed by atoms with Gasteiger partial charge in [0.05, 0.1) is 31.7 Å². The number of nitrogens with two attached hydrogens (primary N) is 9. The van der Waals surface area contributed by atoms with Crippen LogP contribution in [0.2, 0.25) is 0 Å². The Kier molecular flexibility index (Phi) is 38.7. The first-order valence-electron chi connectivity index (χ1n) is 34.0. The summed E-state index contributed by atoms with van der Waals surface area (Å²) in [6, 6.07) is 2.11. The molecule has 103 heavy (non-hydrogen) atoms. The summed E-state index contributed by atoms with van der Waals surface area (Å²) in [4.78, 5) is 198. The van der Waals surface area contributed by atoms with Crippen molar-refractivity contribution in [2.45, 2.75) is 190 Å². The van der Waals surface area contributed by atoms with Crippen molar-refractivity contribution in [1.29, 1.82) is 0 Å². The smallest absolute Gasteiger partial charge is 0.245 e. The number of nitrogens with one attached hydrogen (secondary N) is 11. The van der Waals surface area contributed by atoms with E-state index in [0.717, 1.165) is 12.5 Å². The first-order chi connectivity index (χ1) is 48.8. The Morgan fingerprint density at radius 1 is 0.485 bits per heavy atom. The van der Waals surface area contributed by atoms with Crippen LogP contribution in [0.4, 0.5) is 0 Å². The number of amides is 14. The molecule has 0 saturated carbocycles. The predicted molar refractivity (Wildman–Crippen MR) is 378 cm³/mol. The number of likely N-dealkylation sites (tertiary alicyclic amines) is 1. The van der Waals surface area contributed by atoms with Crippen LogP contribution in [0.3, 0.4) is 0 Å². The van der Waals surface area contributed by atoms with Crippen LogP contribution >= 0.6 is 0 Å². The fourth-order valence-electron chi connectivity index (χ4n) is 10.6. The molecule has 570 valence electrons. The first kappa shape index (κ1) is 86.6. The first-order valence-corrected chi connectivity index (χ1v) is 34.0. The normalized spacial score (nSPS) is 15.6. The fraction of sp³-hybridized carbons (Fsp3) is 0.569. The molecule has 1 aliphatic rings. The standard InChI is InChI=1S/C65H105N23O15/c1-36(79-50(91)34-78-62(102)52(38(3)89)87-60(100)46(32-40-19-8-5-9-20-40)86-59(99)47(33-49(69)90)81-51(92)35-77-56(96)41(68)31-39-17-6-4-7-18-39)54(94)83-44(24-15-29-76-65(73)74)58(98)85-45(22-11-13-27-67)63(103)88-30-16-25-48(88)61(101)80-37(2)55(95)84-43(23-14-28-75-64(71)72)57(97)82-42(53(70)93)21-10-12-26-66/h4-9,17-20,36-38,41-48,52,89H,10-16,21-35,66-68H2,1-3H3,(H2,69,90)(H2,70,93)(H,77,96)(H,78,102)(H,79,91)(H,80,101)(H,81,92)(H,82,97)(H,83,94)(H,84,95)(H,85,98)(H,86,99)(H,87,100)(H4,71,72,75)(H4,73,74,76)/t36-,37-,38+,41-,42-,43-,44-,45-,46-,47-,48+,52-/m0/s1. The lowest BCUT2D eigenvalue weighted by Gasteiger charge is -2.30. The molecule has 1 aliphatic heterocycles. The van der Waals surface area contributed by atoms with Crippen molar-refractivity contribution < 1.29 is 72.2 Å². The molecule has 0 radical (unpaired) electrons. The highest BCUT2D eigenvalue weighted by Crippen LogP contribution is 2.21. The lowest BCUT2D eigenvalue weighted by atomic mass is 10.0. The molecule has 1 saturated heterocycles. The summed E-state index contributed by atoms with van der Waals surface area (Å²) < 4.78 is 0. The van der Waals surface area contributed by atoms with Crippen LogP contribution in [0, 0.1) is 0 Å². The van der Waals surface area contributed by atoms with E-state index in [4.69, 9.17) is 51.6 Å². The van der Waals surface area contributed by atoms with E-state index in [1.165, 1.54) is 18.7 Å². The second-order valence-electron chi connectivity index (χ2n) is 24.8. The third-order valence-electron chi connectivity index (χ3n) is 16.2. The molecule has 1 heterocycles. The number of guanidine groups is 2. The number of carbonyl (C=O) groups is 14. The largest absolute Gasteiger partial charge is 0.391 e. The summed E-state index contributed by atoms with van der Waals surface area (Å²) in [6.07, 6.45) is 0.197. The number of aliphatic imine (C=N–C) groups is 2. The maximum Gasteiger partial charge on any atom is 0.245 e. The number of aliphatic hydroxyl groups is 1. The summed E-state index contributed by atoms with van der Waals surface area (Å²) in [5, 5.41) is 38.0. The second kappa shape index (κ2) is 46.0. The van der Waals surface area contributed by atoms with Crippen molar-refractivity contribution in [3.8, 4) is 0 Å². The Morgan fingerprint density at radius 3 is 1.42 bits per heavy atom. The number of hydrogen-bond acceptors (Lipinski definition) is 20. The Hall–Kier alpha value is -10.6.